The second-order valence-corrected chi connectivity index (χ2v) is 6.80. The van der Waals surface area contributed by atoms with Gasteiger partial charge in [0.2, 0.25) is 5.89 Å². The third-order valence-corrected chi connectivity index (χ3v) is 3.85. The van der Waals surface area contributed by atoms with E-state index < -0.39 is 0 Å². The van der Waals surface area contributed by atoms with Gasteiger partial charge in [-0.2, -0.15) is 0 Å². The van der Waals surface area contributed by atoms with Crippen molar-refractivity contribution in [1.29, 1.82) is 0 Å². The van der Waals surface area contributed by atoms with E-state index in [-0.39, 0.29) is 5.41 Å². The van der Waals surface area contributed by atoms with E-state index in [2.05, 4.69) is 41.4 Å². The molecule has 7 nitrogen and oxygen atoms in total. The van der Waals surface area contributed by atoms with Gasteiger partial charge in [0.15, 0.2) is 17.5 Å². The Labute approximate surface area is 154 Å². The van der Waals surface area contributed by atoms with Crippen LogP contribution in [0.5, 0.6) is 11.5 Å². The van der Waals surface area contributed by atoms with Crippen molar-refractivity contribution in [2.24, 2.45) is 4.99 Å². The number of guanidine groups is 1. The molecular formula is C19H28N4O3. The normalized spacial score (nSPS) is 12.0. The molecule has 1 heterocycles. The molecule has 0 amide bonds. The van der Waals surface area contributed by atoms with E-state index in [0.29, 0.717) is 36.4 Å². The molecule has 2 rings (SSSR count). The first-order chi connectivity index (χ1) is 12.4. The van der Waals surface area contributed by atoms with Crippen LogP contribution >= 0.6 is 0 Å². The topological polar surface area (TPSA) is 80.9 Å². The summed E-state index contributed by atoms with van der Waals surface area (Å²) in [5.41, 5.74) is 0.912. The van der Waals surface area contributed by atoms with Crippen LogP contribution < -0.4 is 20.1 Å². The Bertz CT molecular complexity index is 747. The van der Waals surface area contributed by atoms with Gasteiger partial charge in [0.1, 0.15) is 5.76 Å². The zero-order valence-electron chi connectivity index (χ0n) is 16.3. The lowest BCUT2D eigenvalue weighted by Gasteiger charge is -2.15. The summed E-state index contributed by atoms with van der Waals surface area (Å²) in [5.74, 6) is 3.53. The lowest BCUT2D eigenvalue weighted by Crippen LogP contribution is -2.36. The van der Waals surface area contributed by atoms with E-state index in [9.17, 15) is 0 Å². The smallest absolute Gasteiger partial charge is 0.213 e. The molecule has 7 heteroatoms. The summed E-state index contributed by atoms with van der Waals surface area (Å²) in [6.45, 7) is 7.26. The van der Waals surface area contributed by atoms with E-state index in [0.717, 1.165) is 11.3 Å². The average Bonchev–Trinajstić information content (AvgIpc) is 3.10. The SMILES string of the molecule is CN=C(NCc1ncc(C(C)(C)C)o1)NCc1cccc(OC)c1OC. The van der Waals surface area contributed by atoms with Crippen molar-refractivity contribution in [2.75, 3.05) is 21.3 Å². The van der Waals surface area contributed by atoms with Gasteiger partial charge in [0, 0.05) is 24.6 Å². The Morgan fingerprint density at radius 3 is 2.46 bits per heavy atom. The minimum absolute atomic E-state index is 0.0614. The number of methoxy groups -OCH3 is 2. The van der Waals surface area contributed by atoms with Gasteiger partial charge >= 0.3 is 0 Å². The van der Waals surface area contributed by atoms with Gasteiger partial charge in [-0.3, -0.25) is 4.99 Å². The number of hydrogen-bond donors (Lipinski definition) is 2. The molecule has 0 bridgehead atoms. The van der Waals surface area contributed by atoms with Crippen molar-refractivity contribution in [3.05, 3.63) is 41.6 Å². The Balaban J connectivity index is 1.96. The first-order valence-electron chi connectivity index (χ1n) is 8.48. The number of aromatic nitrogens is 1. The fraction of sp³-hybridized carbons (Fsp3) is 0.474. The molecule has 0 unspecified atom stereocenters. The highest BCUT2D eigenvalue weighted by atomic mass is 16.5. The van der Waals surface area contributed by atoms with Crippen molar-refractivity contribution in [3.63, 3.8) is 0 Å². The van der Waals surface area contributed by atoms with E-state index >= 15 is 0 Å². The molecular weight excluding hydrogens is 332 g/mol. The lowest BCUT2D eigenvalue weighted by molar-refractivity contribution is 0.351. The highest BCUT2D eigenvalue weighted by Crippen LogP contribution is 2.30. The molecule has 0 saturated heterocycles. The van der Waals surface area contributed by atoms with Crippen LogP contribution in [-0.2, 0) is 18.5 Å². The Hall–Kier alpha value is -2.70. The lowest BCUT2D eigenvalue weighted by atomic mass is 9.94. The first-order valence-corrected chi connectivity index (χ1v) is 8.48. The molecule has 0 spiro atoms. The summed E-state index contributed by atoms with van der Waals surface area (Å²) in [6, 6.07) is 5.77. The Morgan fingerprint density at radius 1 is 1.15 bits per heavy atom. The molecule has 0 aliphatic rings. The van der Waals surface area contributed by atoms with Crippen LogP contribution in [0.4, 0.5) is 0 Å². The highest BCUT2D eigenvalue weighted by molar-refractivity contribution is 5.79. The van der Waals surface area contributed by atoms with Crippen molar-refractivity contribution in [3.8, 4) is 11.5 Å². The maximum Gasteiger partial charge on any atom is 0.213 e. The molecule has 0 saturated carbocycles. The fourth-order valence-electron chi connectivity index (χ4n) is 2.39. The quantitative estimate of drug-likeness (QED) is 0.609. The molecule has 0 aliphatic carbocycles. The monoisotopic (exact) mass is 360 g/mol. The zero-order chi connectivity index (χ0) is 19.2. The van der Waals surface area contributed by atoms with Gasteiger partial charge in [-0.15, -0.1) is 0 Å². The molecule has 142 valence electrons. The van der Waals surface area contributed by atoms with Crippen LogP contribution in [0.3, 0.4) is 0 Å². The highest BCUT2D eigenvalue weighted by Gasteiger charge is 2.19. The largest absolute Gasteiger partial charge is 0.493 e. The van der Waals surface area contributed by atoms with Gasteiger partial charge in [-0.25, -0.2) is 4.98 Å². The minimum Gasteiger partial charge on any atom is -0.493 e. The summed E-state index contributed by atoms with van der Waals surface area (Å²) in [4.78, 5) is 8.53. The molecule has 1 aromatic heterocycles. The second kappa shape index (κ2) is 8.60. The van der Waals surface area contributed by atoms with E-state index in [1.165, 1.54) is 0 Å². The van der Waals surface area contributed by atoms with Gasteiger partial charge in [0.05, 0.1) is 27.0 Å². The number of aliphatic imine (C=N–C) groups is 1. The summed E-state index contributed by atoms with van der Waals surface area (Å²) in [7, 11) is 4.97. The van der Waals surface area contributed by atoms with Crippen molar-refractivity contribution in [2.45, 2.75) is 39.3 Å². The number of ether oxygens (including phenoxy) is 2. The third kappa shape index (κ3) is 4.91. The Kier molecular flexibility index (Phi) is 6.49. The van der Waals surface area contributed by atoms with Crippen LogP contribution in [0.1, 0.15) is 38.0 Å². The number of nitrogens with zero attached hydrogens (tertiary/aromatic N) is 2. The van der Waals surface area contributed by atoms with Crippen molar-refractivity contribution >= 4 is 5.96 Å². The molecule has 1 aromatic carbocycles. The third-order valence-electron chi connectivity index (χ3n) is 3.85. The molecule has 2 N–H and O–H groups in total. The maximum absolute atomic E-state index is 5.78. The van der Waals surface area contributed by atoms with Crippen LogP contribution in [0.25, 0.3) is 0 Å². The van der Waals surface area contributed by atoms with Crippen LogP contribution in [0.15, 0.2) is 33.8 Å². The van der Waals surface area contributed by atoms with Crippen LogP contribution in [0, 0.1) is 0 Å². The molecule has 0 aliphatic heterocycles. The minimum atomic E-state index is -0.0614. The standard InChI is InChI=1S/C19H28N4O3/c1-19(2,3)15-11-21-16(26-15)12-23-18(20-4)22-10-13-8-7-9-14(24-5)17(13)25-6/h7-9,11H,10,12H2,1-6H3,(H2,20,22,23). The molecule has 2 aromatic rings. The van der Waals surface area contributed by atoms with Gasteiger partial charge in [-0.1, -0.05) is 32.9 Å². The Morgan fingerprint density at radius 2 is 1.88 bits per heavy atom. The average molecular weight is 360 g/mol. The summed E-state index contributed by atoms with van der Waals surface area (Å²) in [6.07, 6.45) is 1.77. The molecule has 26 heavy (non-hydrogen) atoms. The fourth-order valence-corrected chi connectivity index (χ4v) is 2.39. The maximum atomic E-state index is 5.78. The van der Waals surface area contributed by atoms with E-state index in [1.54, 1.807) is 27.5 Å². The van der Waals surface area contributed by atoms with E-state index in [1.807, 2.05) is 18.2 Å². The first kappa shape index (κ1) is 19.6. The summed E-state index contributed by atoms with van der Waals surface area (Å²) >= 11 is 0. The zero-order valence-corrected chi connectivity index (χ0v) is 16.3. The van der Waals surface area contributed by atoms with Crippen molar-refractivity contribution < 1.29 is 13.9 Å². The van der Waals surface area contributed by atoms with Crippen molar-refractivity contribution in [1.82, 2.24) is 15.6 Å². The van der Waals surface area contributed by atoms with Gasteiger partial charge < -0.3 is 24.5 Å². The predicted octanol–water partition coefficient (Wildman–Crippen LogP) is 2.85. The number of hydrogen-bond acceptors (Lipinski definition) is 5. The van der Waals surface area contributed by atoms with Gasteiger partial charge in [-0.05, 0) is 6.07 Å². The number of benzene rings is 1. The van der Waals surface area contributed by atoms with Crippen LogP contribution in [-0.4, -0.2) is 32.2 Å². The molecule has 0 radical (unpaired) electrons. The second-order valence-electron chi connectivity index (χ2n) is 6.80. The number of nitrogens with one attached hydrogen (secondary N) is 2. The molecule has 0 atom stereocenters. The summed E-state index contributed by atoms with van der Waals surface area (Å²) < 4.78 is 16.6. The predicted molar refractivity (Wildman–Crippen MR) is 102 cm³/mol. The number of para-hydroxylation sites is 1. The summed E-state index contributed by atoms with van der Waals surface area (Å²) in [5, 5.41) is 6.45. The van der Waals surface area contributed by atoms with Crippen LogP contribution in [0.2, 0.25) is 0 Å². The number of rotatable bonds is 6. The molecule has 0 fully saturated rings. The van der Waals surface area contributed by atoms with Gasteiger partial charge in [0.25, 0.3) is 0 Å². The number of oxazole rings is 1. The van der Waals surface area contributed by atoms with E-state index in [4.69, 9.17) is 13.9 Å².